The number of ketones is 1. The fraction of sp³-hybridized carbons (Fsp3) is 0.600. The first-order valence-electron chi connectivity index (χ1n) is 7.15. The van der Waals surface area contributed by atoms with Crippen molar-refractivity contribution in [2.75, 3.05) is 13.7 Å². The number of ether oxygens (including phenoxy) is 2. The average molecular weight is 277 g/mol. The quantitative estimate of drug-likeness (QED) is 0.720. The van der Waals surface area contributed by atoms with Gasteiger partial charge in [-0.1, -0.05) is 0 Å². The minimum Gasteiger partial charge on any atom is -0.474 e. The van der Waals surface area contributed by atoms with Crippen LogP contribution in [0.3, 0.4) is 0 Å². The molecule has 0 saturated carbocycles. The summed E-state index contributed by atoms with van der Waals surface area (Å²) < 4.78 is 11.0. The molecule has 3 aliphatic rings. The zero-order chi connectivity index (χ0) is 14.3. The molecule has 3 rings (SSSR count). The van der Waals surface area contributed by atoms with E-state index in [1.54, 1.807) is 13.1 Å². The highest BCUT2D eigenvalue weighted by atomic mass is 16.5. The van der Waals surface area contributed by atoms with Crippen LogP contribution < -0.4 is 0 Å². The van der Waals surface area contributed by atoms with Gasteiger partial charge in [0, 0.05) is 44.0 Å². The topological polar surface area (TPSA) is 55.8 Å². The molecule has 2 heterocycles. The molecule has 2 aliphatic heterocycles. The predicted octanol–water partition coefficient (Wildman–Crippen LogP) is 1.75. The van der Waals surface area contributed by atoms with Crippen LogP contribution in [0.15, 0.2) is 23.1 Å². The number of hydrogen-bond donors (Lipinski definition) is 0. The van der Waals surface area contributed by atoms with Crippen molar-refractivity contribution < 1.29 is 19.1 Å². The molecular weight excluding hydrogens is 258 g/mol. The smallest absolute Gasteiger partial charge is 0.336 e. The molecule has 5 nitrogen and oxygen atoms in total. The number of rotatable bonds is 2. The minimum atomic E-state index is -0.324. The third kappa shape index (κ3) is 2.01. The third-order valence-electron chi connectivity index (χ3n) is 4.16. The van der Waals surface area contributed by atoms with E-state index >= 15 is 0 Å². The van der Waals surface area contributed by atoms with E-state index in [0.717, 1.165) is 18.6 Å². The van der Waals surface area contributed by atoms with Gasteiger partial charge in [-0.2, -0.15) is 0 Å². The van der Waals surface area contributed by atoms with Crippen LogP contribution in [0.4, 0.5) is 0 Å². The van der Waals surface area contributed by atoms with Crippen molar-refractivity contribution in [2.45, 2.75) is 38.8 Å². The fourth-order valence-electron chi connectivity index (χ4n) is 3.21. The van der Waals surface area contributed by atoms with Crippen LogP contribution in [-0.4, -0.2) is 36.5 Å². The number of fused-ring (bicyclic) bond motifs is 3. The molecule has 0 spiro atoms. The van der Waals surface area contributed by atoms with Gasteiger partial charge in [0.15, 0.2) is 12.0 Å². The van der Waals surface area contributed by atoms with Crippen LogP contribution in [-0.2, 0) is 19.1 Å². The van der Waals surface area contributed by atoms with Crippen molar-refractivity contribution in [2.24, 2.45) is 5.92 Å². The van der Waals surface area contributed by atoms with Gasteiger partial charge in [0.2, 0.25) is 0 Å². The number of carbonyl (C=O) groups is 2. The maximum absolute atomic E-state index is 12.2. The lowest BCUT2D eigenvalue weighted by molar-refractivity contribution is -0.140. The van der Waals surface area contributed by atoms with Gasteiger partial charge in [-0.15, -0.1) is 0 Å². The maximum atomic E-state index is 12.2. The van der Waals surface area contributed by atoms with Crippen molar-refractivity contribution in [1.82, 2.24) is 4.90 Å². The van der Waals surface area contributed by atoms with E-state index in [-0.39, 0.29) is 23.9 Å². The Kier molecular flexibility index (Phi) is 3.28. The molecule has 0 unspecified atom stereocenters. The van der Waals surface area contributed by atoms with E-state index < -0.39 is 0 Å². The minimum absolute atomic E-state index is 0.0807. The summed E-state index contributed by atoms with van der Waals surface area (Å²) in [5, 5.41) is 0. The summed E-state index contributed by atoms with van der Waals surface area (Å²) in [6, 6.07) is 0. The maximum Gasteiger partial charge on any atom is 0.336 e. The van der Waals surface area contributed by atoms with E-state index in [0.29, 0.717) is 30.6 Å². The van der Waals surface area contributed by atoms with Gasteiger partial charge in [-0.25, -0.2) is 4.79 Å². The van der Waals surface area contributed by atoms with Crippen molar-refractivity contribution in [1.29, 1.82) is 0 Å². The number of hydrogen-bond acceptors (Lipinski definition) is 5. The van der Waals surface area contributed by atoms with Gasteiger partial charge in [-0.3, -0.25) is 4.79 Å². The average Bonchev–Trinajstić information content (AvgIpc) is 2.43. The van der Waals surface area contributed by atoms with E-state index in [1.807, 2.05) is 11.9 Å². The van der Waals surface area contributed by atoms with Crippen molar-refractivity contribution in [3.8, 4) is 0 Å². The normalized spacial score (nSPS) is 28.6. The summed E-state index contributed by atoms with van der Waals surface area (Å²) in [5.74, 6) is 0.417. The Balaban J connectivity index is 2.00. The first kappa shape index (κ1) is 13.2. The molecule has 2 atom stereocenters. The summed E-state index contributed by atoms with van der Waals surface area (Å²) in [6.07, 6.45) is 4.50. The zero-order valence-corrected chi connectivity index (χ0v) is 11.8. The highest BCUT2D eigenvalue weighted by Gasteiger charge is 2.43. The summed E-state index contributed by atoms with van der Waals surface area (Å²) in [6.45, 7) is 2.13. The second kappa shape index (κ2) is 4.96. The molecule has 0 saturated heterocycles. The van der Waals surface area contributed by atoms with Crippen molar-refractivity contribution in [3.05, 3.63) is 23.1 Å². The summed E-state index contributed by atoms with van der Waals surface area (Å²) in [7, 11) is 1.89. The van der Waals surface area contributed by atoms with Crippen molar-refractivity contribution in [3.63, 3.8) is 0 Å². The lowest BCUT2D eigenvalue weighted by atomic mass is 9.77. The number of nitrogens with zero attached hydrogens (tertiary/aromatic N) is 1. The Morgan fingerprint density at radius 2 is 2.30 bits per heavy atom. The van der Waals surface area contributed by atoms with Gasteiger partial charge < -0.3 is 14.4 Å². The molecule has 0 aromatic heterocycles. The van der Waals surface area contributed by atoms with Crippen LogP contribution in [0.25, 0.3) is 0 Å². The summed E-state index contributed by atoms with van der Waals surface area (Å²) in [5.41, 5.74) is 1.29. The van der Waals surface area contributed by atoms with Gasteiger partial charge in [0.25, 0.3) is 0 Å². The van der Waals surface area contributed by atoms with E-state index in [4.69, 9.17) is 9.47 Å². The number of carbonyl (C=O) groups excluding carboxylic acids is 2. The summed E-state index contributed by atoms with van der Waals surface area (Å²) in [4.78, 5) is 26.2. The highest BCUT2D eigenvalue weighted by molar-refractivity contribution is 6.01. The molecule has 0 radical (unpaired) electrons. The van der Waals surface area contributed by atoms with Crippen LogP contribution in [0.2, 0.25) is 0 Å². The number of allylic oxidation sites excluding steroid dienone is 2. The lowest BCUT2D eigenvalue weighted by Crippen LogP contribution is -2.44. The molecule has 0 amide bonds. The zero-order valence-electron chi connectivity index (χ0n) is 11.8. The molecule has 0 aromatic carbocycles. The third-order valence-corrected chi connectivity index (χ3v) is 4.16. The first-order valence-corrected chi connectivity index (χ1v) is 7.15. The van der Waals surface area contributed by atoms with Gasteiger partial charge >= 0.3 is 5.97 Å². The van der Waals surface area contributed by atoms with Crippen LogP contribution in [0, 0.1) is 5.92 Å². The van der Waals surface area contributed by atoms with E-state index in [1.165, 1.54) is 0 Å². The monoisotopic (exact) mass is 277 g/mol. The van der Waals surface area contributed by atoms with Crippen LogP contribution in [0.5, 0.6) is 0 Å². The molecule has 20 heavy (non-hydrogen) atoms. The molecule has 2 bridgehead atoms. The largest absolute Gasteiger partial charge is 0.474 e. The second-order valence-electron chi connectivity index (χ2n) is 5.44. The Labute approximate surface area is 118 Å². The van der Waals surface area contributed by atoms with Crippen LogP contribution in [0.1, 0.15) is 32.6 Å². The molecule has 0 aromatic rings. The number of esters is 1. The first-order chi connectivity index (χ1) is 9.61. The summed E-state index contributed by atoms with van der Waals surface area (Å²) >= 11 is 0. The SMILES string of the molecule is CCOC(=O)C1=CN(C)[C@H]2C[C@@H]1C1=C(CCCC1=O)O2. The van der Waals surface area contributed by atoms with Gasteiger partial charge in [-0.05, 0) is 13.3 Å². The van der Waals surface area contributed by atoms with E-state index in [2.05, 4.69) is 0 Å². The Hall–Kier alpha value is -1.78. The Morgan fingerprint density at radius 3 is 3.05 bits per heavy atom. The van der Waals surface area contributed by atoms with E-state index in [9.17, 15) is 9.59 Å². The lowest BCUT2D eigenvalue weighted by Gasteiger charge is -2.43. The molecule has 5 heteroatoms. The van der Waals surface area contributed by atoms with Gasteiger partial charge in [0.05, 0.1) is 12.2 Å². The molecule has 108 valence electrons. The Morgan fingerprint density at radius 1 is 1.50 bits per heavy atom. The standard InChI is InChI=1S/C15H19NO4/c1-3-19-15(18)10-8-16(2)13-7-9(10)14-11(17)5-4-6-12(14)20-13/h8-9,13H,3-7H2,1-2H3/t9-,13+/m0/s1. The van der Waals surface area contributed by atoms with Crippen LogP contribution >= 0.6 is 0 Å². The number of Topliss-reactive ketones (excluding diaryl/α,β-unsaturated/α-hetero) is 1. The van der Waals surface area contributed by atoms with Crippen molar-refractivity contribution >= 4 is 11.8 Å². The molecule has 0 N–H and O–H groups in total. The molecular formula is C15H19NO4. The predicted molar refractivity (Wildman–Crippen MR) is 71.3 cm³/mol. The van der Waals surface area contributed by atoms with Gasteiger partial charge in [0.1, 0.15) is 5.76 Å². The Bertz CT molecular complexity index is 520. The highest BCUT2D eigenvalue weighted by Crippen LogP contribution is 2.43. The molecule has 0 fully saturated rings. The second-order valence-corrected chi connectivity index (χ2v) is 5.44. The fourth-order valence-corrected chi connectivity index (χ4v) is 3.21. The molecule has 1 aliphatic carbocycles.